The lowest BCUT2D eigenvalue weighted by molar-refractivity contribution is 0.268. The minimum absolute atomic E-state index is 0.679. The van der Waals surface area contributed by atoms with E-state index in [9.17, 15) is 0 Å². The van der Waals surface area contributed by atoms with Crippen LogP contribution in [0.1, 0.15) is 17.3 Å². The molecular weight excluding hydrogens is 214 g/mol. The number of aromatic nitrogens is 2. The smallest absolute Gasteiger partial charge is 0.240 e. The third-order valence-electron chi connectivity index (χ3n) is 2.60. The highest BCUT2D eigenvalue weighted by molar-refractivity contribution is 5.14. The number of aryl methyl sites for hydroxylation is 1. The first-order chi connectivity index (χ1) is 8.24. The van der Waals surface area contributed by atoms with Crippen LogP contribution < -0.4 is 0 Å². The number of benzene rings is 1. The number of hydrogen-bond donors (Lipinski definition) is 0. The first-order valence-corrected chi connectivity index (χ1v) is 5.75. The molecule has 0 aliphatic heterocycles. The summed E-state index contributed by atoms with van der Waals surface area (Å²) < 4.78 is 5.08. The average molecular weight is 231 g/mol. The molecule has 17 heavy (non-hydrogen) atoms. The van der Waals surface area contributed by atoms with E-state index in [1.54, 1.807) is 0 Å². The molecule has 1 aromatic carbocycles. The average Bonchev–Trinajstić information content (AvgIpc) is 2.73. The van der Waals surface area contributed by atoms with Gasteiger partial charge in [-0.15, -0.1) is 0 Å². The number of nitrogens with zero attached hydrogens (tertiary/aromatic N) is 3. The van der Waals surface area contributed by atoms with Gasteiger partial charge in [-0.1, -0.05) is 35.5 Å². The zero-order valence-electron chi connectivity index (χ0n) is 10.3. The molecule has 1 aromatic heterocycles. The van der Waals surface area contributed by atoms with Crippen LogP contribution in [0, 0.1) is 6.92 Å². The predicted octanol–water partition coefficient (Wildman–Crippen LogP) is 2.05. The summed E-state index contributed by atoms with van der Waals surface area (Å²) >= 11 is 0. The second-order valence-electron chi connectivity index (χ2n) is 4.21. The fraction of sp³-hybridized carbons (Fsp3) is 0.385. The summed E-state index contributed by atoms with van der Waals surface area (Å²) in [5, 5.41) is 3.78. The van der Waals surface area contributed by atoms with Crippen LogP contribution in [0.5, 0.6) is 0 Å². The Morgan fingerprint density at radius 2 is 2.00 bits per heavy atom. The summed E-state index contributed by atoms with van der Waals surface area (Å²) in [6, 6.07) is 10.5. The SMILES string of the molecule is Cc1noc(CN(C)CCc2ccccc2)n1. The maximum atomic E-state index is 5.08. The molecule has 0 radical (unpaired) electrons. The van der Waals surface area contributed by atoms with Crippen molar-refractivity contribution in [1.29, 1.82) is 0 Å². The number of hydrogen-bond acceptors (Lipinski definition) is 4. The van der Waals surface area contributed by atoms with Gasteiger partial charge in [-0.05, 0) is 26.0 Å². The Morgan fingerprint density at radius 3 is 2.65 bits per heavy atom. The monoisotopic (exact) mass is 231 g/mol. The number of rotatable bonds is 5. The van der Waals surface area contributed by atoms with Gasteiger partial charge in [0.15, 0.2) is 5.82 Å². The van der Waals surface area contributed by atoms with Crippen LogP contribution in [0.3, 0.4) is 0 Å². The molecule has 0 amide bonds. The van der Waals surface area contributed by atoms with Gasteiger partial charge in [0.1, 0.15) is 0 Å². The summed E-state index contributed by atoms with van der Waals surface area (Å²) in [6.07, 6.45) is 1.03. The van der Waals surface area contributed by atoms with Crippen molar-refractivity contribution >= 4 is 0 Å². The largest absolute Gasteiger partial charge is 0.338 e. The molecular formula is C13H17N3O. The van der Waals surface area contributed by atoms with Gasteiger partial charge < -0.3 is 4.52 Å². The molecule has 0 unspecified atom stereocenters. The van der Waals surface area contributed by atoms with Crippen molar-refractivity contribution in [3.8, 4) is 0 Å². The van der Waals surface area contributed by atoms with Crippen LogP contribution in [0.15, 0.2) is 34.9 Å². The summed E-state index contributed by atoms with van der Waals surface area (Å²) in [5.74, 6) is 1.37. The molecule has 2 rings (SSSR count). The minimum atomic E-state index is 0.679. The highest BCUT2D eigenvalue weighted by Gasteiger charge is 2.06. The molecule has 0 saturated heterocycles. The van der Waals surface area contributed by atoms with Crippen molar-refractivity contribution < 1.29 is 4.52 Å². The normalized spacial score (nSPS) is 11.0. The molecule has 0 bridgehead atoms. The van der Waals surface area contributed by atoms with Gasteiger partial charge in [0.05, 0.1) is 6.54 Å². The van der Waals surface area contributed by atoms with Crippen molar-refractivity contribution in [3.05, 3.63) is 47.6 Å². The van der Waals surface area contributed by atoms with Crippen LogP contribution >= 0.6 is 0 Å². The Kier molecular flexibility index (Phi) is 3.88. The Bertz CT molecular complexity index is 453. The lowest BCUT2D eigenvalue weighted by Gasteiger charge is -2.13. The van der Waals surface area contributed by atoms with E-state index in [1.165, 1.54) is 5.56 Å². The van der Waals surface area contributed by atoms with Gasteiger partial charge in [0.2, 0.25) is 5.89 Å². The molecule has 0 aliphatic rings. The molecule has 4 heteroatoms. The minimum Gasteiger partial charge on any atom is -0.338 e. The van der Waals surface area contributed by atoms with Crippen molar-refractivity contribution in [2.45, 2.75) is 19.9 Å². The predicted molar refractivity (Wildman–Crippen MR) is 65.5 cm³/mol. The summed E-state index contributed by atoms with van der Waals surface area (Å²) in [4.78, 5) is 6.37. The molecule has 0 saturated carbocycles. The van der Waals surface area contributed by atoms with E-state index in [0.29, 0.717) is 18.3 Å². The van der Waals surface area contributed by atoms with Gasteiger partial charge in [-0.25, -0.2) is 0 Å². The first kappa shape index (κ1) is 11.8. The molecule has 0 atom stereocenters. The quantitative estimate of drug-likeness (QED) is 0.790. The summed E-state index contributed by atoms with van der Waals surface area (Å²) in [6.45, 7) is 3.51. The molecule has 0 aliphatic carbocycles. The second-order valence-corrected chi connectivity index (χ2v) is 4.21. The Labute approximate surface area is 101 Å². The summed E-state index contributed by atoms with van der Waals surface area (Å²) in [7, 11) is 2.06. The molecule has 1 heterocycles. The molecule has 0 spiro atoms. The van der Waals surface area contributed by atoms with E-state index in [-0.39, 0.29) is 0 Å². The van der Waals surface area contributed by atoms with Gasteiger partial charge in [-0.3, -0.25) is 4.90 Å². The molecule has 90 valence electrons. The van der Waals surface area contributed by atoms with Gasteiger partial charge >= 0.3 is 0 Å². The third kappa shape index (κ3) is 3.67. The summed E-state index contributed by atoms with van der Waals surface area (Å²) in [5.41, 5.74) is 1.35. The lowest BCUT2D eigenvalue weighted by atomic mass is 10.1. The van der Waals surface area contributed by atoms with Gasteiger partial charge in [-0.2, -0.15) is 4.98 Å². The maximum Gasteiger partial charge on any atom is 0.240 e. The highest BCUT2D eigenvalue weighted by atomic mass is 16.5. The zero-order valence-corrected chi connectivity index (χ0v) is 10.3. The van der Waals surface area contributed by atoms with Crippen LogP contribution in [-0.4, -0.2) is 28.6 Å². The van der Waals surface area contributed by atoms with Crippen LogP contribution in [0.2, 0.25) is 0 Å². The van der Waals surface area contributed by atoms with Crippen molar-refractivity contribution in [1.82, 2.24) is 15.0 Å². The van der Waals surface area contributed by atoms with E-state index in [4.69, 9.17) is 4.52 Å². The van der Waals surface area contributed by atoms with E-state index in [0.717, 1.165) is 13.0 Å². The van der Waals surface area contributed by atoms with E-state index < -0.39 is 0 Å². The first-order valence-electron chi connectivity index (χ1n) is 5.75. The number of likely N-dealkylation sites (N-methyl/N-ethyl adjacent to an activating group) is 1. The van der Waals surface area contributed by atoms with Crippen molar-refractivity contribution in [2.24, 2.45) is 0 Å². The van der Waals surface area contributed by atoms with E-state index >= 15 is 0 Å². The van der Waals surface area contributed by atoms with Gasteiger partial charge in [0.25, 0.3) is 0 Å². The topological polar surface area (TPSA) is 42.2 Å². The molecule has 2 aromatic rings. The van der Waals surface area contributed by atoms with Crippen LogP contribution in [0.4, 0.5) is 0 Å². The Balaban J connectivity index is 1.80. The standard InChI is InChI=1S/C13H17N3O/c1-11-14-13(17-15-11)10-16(2)9-8-12-6-4-3-5-7-12/h3-7H,8-10H2,1-2H3. The lowest BCUT2D eigenvalue weighted by Crippen LogP contribution is -2.20. The fourth-order valence-electron chi connectivity index (χ4n) is 1.68. The van der Waals surface area contributed by atoms with Crippen LogP contribution in [-0.2, 0) is 13.0 Å². The van der Waals surface area contributed by atoms with E-state index in [1.807, 2.05) is 13.0 Å². The van der Waals surface area contributed by atoms with E-state index in [2.05, 4.69) is 46.4 Å². The third-order valence-corrected chi connectivity index (χ3v) is 2.60. The maximum absolute atomic E-state index is 5.08. The Morgan fingerprint density at radius 1 is 1.24 bits per heavy atom. The second kappa shape index (κ2) is 5.59. The molecule has 0 fully saturated rings. The van der Waals surface area contributed by atoms with Crippen LogP contribution in [0.25, 0.3) is 0 Å². The zero-order chi connectivity index (χ0) is 12.1. The van der Waals surface area contributed by atoms with Crippen molar-refractivity contribution in [3.63, 3.8) is 0 Å². The van der Waals surface area contributed by atoms with Gasteiger partial charge in [0, 0.05) is 6.54 Å². The molecule has 4 nitrogen and oxygen atoms in total. The van der Waals surface area contributed by atoms with Crippen molar-refractivity contribution in [2.75, 3.05) is 13.6 Å². The molecule has 0 N–H and O–H groups in total. The Hall–Kier alpha value is -1.68. The fourth-order valence-corrected chi connectivity index (χ4v) is 1.68. The highest BCUT2D eigenvalue weighted by Crippen LogP contribution is 2.04.